The number of rotatable bonds is 4. The Hall–Kier alpha value is -2.17. The van der Waals surface area contributed by atoms with Crippen LogP contribution in [0.5, 0.6) is 5.75 Å². The molecule has 3 aliphatic heterocycles. The normalized spacial score (nSPS) is 20.9. The molecule has 3 aliphatic rings. The molecule has 0 bridgehead atoms. The minimum absolute atomic E-state index is 0.0758. The van der Waals surface area contributed by atoms with Crippen LogP contribution in [-0.4, -0.2) is 82.0 Å². The molecule has 2 saturated heterocycles. The Balaban J connectivity index is 1.60. The molecule has 0 unspecified atom stereocenters. The summed E-state index contributed by atoms with van der Waals surface area (Å²) in [6, 6.07) is 4.46. The van der Waals surface area contributed by atoms with Gasteiger partial charge in [-0.3, -0.25) is 14.5 Å². The van der Waals surface area contributed by atoms with Gasteiger partial charge in [0, 0.05) is 26.2 Å². The molecule has 158 valence electrons. The summed E-state index contributed by atoms with van der Waals surface area (Å²) in [7, 11) is -3.72. The van der Waals surface area contributed by atoms with Gasteiger partial charge in [-0.1, -0.05) is 0 Å². The molecule has 2 amide bonds. The highest BCUT2D eigenvalue weighted by Gasteiger charge is 2.32. The van der Waals surface area contributed by atoms with Crippen LogP contribution < -0.4 is 9.64 Å². The van der Waals surface area contributed by atoms with Crippen LogP contribution >= 0.6 is 0 Å². The number of ether oxygens (including phenoxy) is 2. The maximum atomic E-state index is 13.0. The third kappa shape index (κ3) is 4.10. The Kier molecular flexibility index (Phi) is 5.75. The lowest BCUT2D eigenvalue weighted by Crippen LogP contribution is -2.47. The number of nitrogens with zero attached hydrogens (tertiary/aromatic N) is 3. The van der Waals surface area contributed by atoms with Gasteiger partial charge in [0.25, 0.3) is 5.91 Å². The number of morpholine rings is 1. The quantitative estimate of drug-likeness (QED) is 0.698. The molecule has 0 atom stereocenters. The summed E-state index contributed by atoms with van der Waals surface area (Å²) in [6.45, 7) is 2.36. The number of piperidine rings is 1. The number of likely N-dealkylation sites (tertiary alicyclic amines) is 1. The van der Waals surface area contributed by atoms with Gasteiger partial charge < -0.3 is 14.4 Å². The Morgan fingerprint density at radius 2 is 1.76 bits per heavy atom. The average molecular weight is 423 g/mol. The second-order valence-corrected chi connectivity index (χ2v) is 9.29. The highest BCUT2D eigenvalue weighted by atomic mass is 32.2. The van der Waals surface area contributed by atoms with Gasteiger partial charge in [-0.15, -0.1) is 0 Å². The summed E-state index contributed by atoms with van der Waals surface area (Å²) in [5.41, 5.74) is 0.320. The van der Waals surface area contributed by atoms with Crippen molar-refractivity contribution in [2.75, 3.05) is 57.4 Å². The second kappa shape index (κ2) is 8.29. The van der Waals surface area contributed by atoms with E-state index in [0.29, 0.717) is 37.7 Å². The van der Waals surface area contributed by atoms with Crippen LogP contribution in [0.25, 0.3) is 0 Å². The highest BCUT2D eigenvalue weighted by Crippen LogP contribution is 2.35. The molecule has 0 saturated carbocycles. The summed E-state index contributed by atoms with van der Waals surface area (Å²) < 4.78 is 38.0. The number of anilines is 1. The molecule has 3 heterocycles. The third-order valence-corrected chi connectivity index (χ3v) is 7.38. The fraction of sp³-hybridized carbons (Fsp3) is 0.579. The van der Waals surface area contributed by atoms with Gasteiger partial charge in [0.2, 0.25) is 15.9 Å². The van der Waals surface area contributed by atoms with Gasteiger partial charge in [0.15, 0.2) is 6.61 Å². The zero-order valence-electron chi connectivity index (χ0n) is 16.2. The standard InChI is InChI=1S/C19H25N3O6S/c23-18(20-6-2-1-3-7-20)13-22-16-12-15(4-5-17(16)28-14-19(22)24)29(25,26)21-8-10-27-11-9-21/h4-5,12H,1-3,6-11,13-14H2. The van der Waals surface area contributed by atoms with Crippen LogP contribution in [0.1, 0.15) is 19.3 Å². The maximum absolute atomic E-state index is 13.0. The number of benzene rings is 1. The van der Waals surface area contributed by atoms with E-state index >= 15 is 0 Å². The SMILES string of the molecule is O=C(CN1C(=O)COc2ccc(S(=O)(=O)N3CCOCC3)cc21)N1CCCCC1. The van der Waals surface area contributed by atoms with Gasteiger partial charge in [-0.25, -0.2) is 8.42 Å². The van der Waals surface area contributed by atoms with Crippen molar-refractivity contribution in [1.29, 1.82) is 0 Å². The van der Waals surface area contributed by atoms with Crippen molar-refractivity contribution in [1.82, 2.24) is 9.21 Å². The summed E-state index contributed by atoms with van der Waals surface area (Å²) in [4.78, 5) is 28.4. The van der Waals surface area contributed by atoms with Crippen molar-refractivity contribution < 1.29 is 27.5 Å². The highest BCUT2D eigenvalue weighted by molar-refractivity contribution is 7.89. The smallest absolute Gasteiger partial charge is 0.265 e. The Morgan fingerprint density at radius 1 is 1.03 bits per heavy atom. The molecular formula is C19H25N3O6S. The van der Waals surface area contributed by atoms with Crippen LogP contribution in [0.2, 0.25) is 0 Å². The van der Waals surface area contributed by atoms with Crippen molar-refractivity contribution in [3.63, 3.8) is 0 Å². The van der Waals surface area contributed by atoms with E-state index in [1.165, 1.54) is 21.3 Å². The molecular weight excluding hydrogens is 398 g/mol. The topological polar surface area (TPSA) is 96.5 Å². The van der Waals surface area contributed by atoms with E-state index in [2.05, 4.69) is 0 Å². The van der Waals surface area contributed by atoms with Crippen LogP contribution in [0.3, 0.4) is 0 Å². The van der Waals surface area contributed by atoms with E-state index in [1.807, 2.05) is 0 Å². The monoisotopic (exact) mass is 423 g/mol. The van der Waals surface area contributed by atoms with Crippen LogP contribution in [0.15, 0.2) is 23.1 Å². The summed E-state index contributed by atoms with van der Waals surface area (Å²) in [5, 5.41) is 0. The number of amides is 2. The summed E-state index contributed by atoms with van der Waals surface area (Å²) >= 11 is 0. The zero-order valence-corrected chi connectivity index (χ0v) is 17.0. The van der Waals surface area contributed by atoms with Crippen molar-refractivity contribution in [2.45, 2.75) is 24.2 Å². The molecule has 0 radical (unpaired) electrons. The molecule has 1 aromatic rings. The minimum Gasteiger partial charge on any atom is -0.482 e. The molecule has 9 nitrogen and oxygen atoms in total. The van der Waals surface area contributed by atoms with Gasteiger partial charge in [0.05, 0.1) is 23.8 Å². The van der Waals surface area contributed by atoms with Crippen molar-refractivity contribution in [2.24, 2.45) is 0 Å². The Morgan fingerprint density at radius 3 is 2.48 bits per heavy atom. The fourth-order valence-corrected chi connectivity index (χ4v) is 5.26. The van der Waals surface area contributed by atoms with E-state index in [9.17, 15) is 18.0 Å². The van der Waals surface area contributed by atoms with Crippen molar-refractivity contribution in [3.05, 3.63) is 18.2 Å². The lowest BCUT2D eigenvalue weighted by molar-refractivity contribution is -0.132. The Bertz CT molecular complexity index is 891. The predicted octanol–water partition coefficient (Wildman–Crippen LogP) is 0.445. The minimum atomic E-state index is -3.72. The molecule has 0 aliphatic carbocycles. The maximum Gasteiger partial charge on any atom is 0.265 e. The number of carbonyl (C=O) groups excluding carboxylic acids is 2. The first-order valence-corrected chi connectivity index (χ1v) is 11.3. The van der Waals surface area contributed by atoms with Crippen LogP contribution in [-0.2, 0) is 24.3 Å². The van der Waals surface area contributed by atoms with Crippen molar-refractivity contribution in [3.8, 4) is 5.75 Å². The lowest BCUT2D eigenvalue weighted by atomic mass is 10.1. The fourth-order valence-electron chi connectivity index (χ4n) is 3.83. The summed E-state index contributed by atoms with van der Waals surface area (Å²) in [6.07, 6.45) is 3.02. The number of sulfonamides is 1. The largest absolute Gasteiger partial charge is 0.482 e. The molecule has 1 aromatic carbocycles. The summed E-state index contributed by atoms with van der Waals surface area (Å²) in [5.74, 6) is -0.0897. The number of fused-ring (bicyclic) bond motifs is 1. The molecule has 29 heavy (non-hydrogen) atoms. The van der Waals surface area contributed by atoms with E-state index in [1.54, 1.807) is 11.0 Å². The Labute approximate surface area is 170 Å². The number of hydrogen-bond donors (Lipinski definition) is 0. The molecule has 0 N–H and O–H groups in total. The van der Waals surface area contributed by atoms with E-state index in [0.717, 1.165) is 19.3 Å². The molecule has 0 aromatic heterocycles. The first-order chi connectivity index (χ1) is 14.0. The first-order valence-electron chi connectivity index (χ1n) is 9.90. The van der Waals surface area contributed by atoms with Gasteiger partial charge in [-0.05, 0) is 37.5 Å². The lowest BCUT2D eigenvalue weighted by Gasteiger charge is -2.33. The van der Waals surface area contributed by atoms with Crippen LogP contribution in [0.4, 0.5) is 5.69 Å². The molecule has 2 fully saturated rings. The molecule has 10 heteroatoms. The second-order valence-electron chi connectivity index (χ2n) is 7.36. The molecule has 4 rings (SSSR count). The van der Waals surface area contributed by atoms with E-state index < -0.39 is 10.0 Å². The van der Waals surface area contributed by atoms with E-state index in [-0.39, 0.29) is 43.0 Å². The number of hydrogen-bond acceptors (Lipinski definition) is 6. The predicted molar refractivity (Wildman–Crippen MR) is 104 cm³/mol. The van der Waals surface area contributed by atoms with Gasteiger partial charge in [0.1, 0.15) is 12.3 Å². The zero-order chi connectivity index (χ0) is 20.4. The van der Waals surface area contributed by atoms with Crippen LogP contribution in [0, 0.1) is 0 Å². The first kappa shape index (κ1) is 20.1. The van der Waals surface area contributed by atoms with Gasteiger partial charge in [-0.2, -0.15) is 4.31 Å². The number of carbonyl (C=O) groups is 2. The van der Waals surface area contributed by atoms with E-state index in [4.69, 9.17) is 9.47 Å². The van der Waals surface area contributed by atoms with Crippen molar-refractivity contribution >= 4 is 27.5 Å². The molecule has 0 spiro atoms. The third-order valence-electron chi connectivity index (χ3n) is 5.48. The average Bonchev–Trinajstić information content (AvgIpc) is 2.76. The van der Waals surface area contributed by atoms with Gasteiger partial charge >= 0.3 is 0 Å².